The second-order valence-electron chi connectivity index (χ2n) is 4.90. The summed E-state index contributed by atoms with van der Waals surface area (Å²) in [5, 5.41) is 0. The van der Waals surface area contributed by atoms with Crippen LogP contribution in [-0.2, 0) is 6.54 Å². The lowest BCUT2D eigenvalue weighted by Gasteiger charge is -2.26. The average molecular weight is 235 g/mol. The molecule has 1 aliphatic rings. The summed E-state index contributed by atoms with van der Waals surface area (Å²) in [6.07, 6.45) is 2.29. The van der Waals surface area contributed by atoms with E-state index in [2.05, 4.69) is 73.5 Å². The van der Waals surface area contributed by atoms with Gasteiger partial charge in [-0.3, -0.25) is 0 Å². The van der Waals surface area contributed by atoms with Gasteiger partial charge in [0.05, 0.1) is 0 Å². The maximum Gasteiger partial charge on any atom is 0.0442 e. The maximum absolute atomic E-state index is 2.32. The highest BCUT2D eigenvalue weighted by molar-refractivity contribution is 5.87. The maximum atomic E-state index is 2.32. The van der Waals surface area contributed by atoms with Gasteiger partial charge in [-0.1, -0.05) is 48.5 Å². The summed E-state index contributed by atoms with van der Waals surface area (Å²) in [5.41, 5.74) is 6.67. The normalized spacial score (nSPS) is 17.0. The quantitative estimate of drug-likeness (QED) is 0.661. The summed E-state index contributed by atoms with van der Waals surface area (Å²) in [6, 6.07) is 17.2. The zero-order valence-electron chi connectivity index (χ0n) is 10.9. The van der Waals surface area contributed by atoms with Crippen molar-refractivity contribution < 1.29 is 0 Å². The Bertz CT molecular complexity index is 611. The fraction of sp³-hybridized carbons (Fsp3) is 0.176. The summed E-state index contributed by atoms with van der Waals surface area (Å²) in [6.45, 7) is 3.14. The van der Waals surface area contributed by atoms with Crippen molar-refractivity contribution in [3.63, 3.8) is 0 Å². The third-order valence-corrected chi connectivity index (χ3v) is 3.57. The molecule has 0 spiro atoms. The molecule has 2 aromatic carbocycles. The average Bonchev–Trinajstić information content (AvgIpc) is 2.39. The van der Waals surface area contributed by atoms with Gasteiger partial charge in [0.2, 0.25) is 0 Å². The highest BCUT2D eigenvalue weighted by Gasteiger charge is 2.13. The number of hydrogen-bond donors (Lipinski definition) is 0. The van der Waals surface area contributed by atoms with Crippen LogP contribution in [0, 0.1) is 0 Å². The van der Waals surface area contributed by atoms with Crippen LogP contribution in [-0.4, -0.2) is 7.05 Å². The lowest BCUT2D eigenvalue weighted by molar-refractivity contribution is 0.916. The first kappa shape index (κ1) is 11.1. The summed E-state index contributed by atoms with van der Waals surface area (Å²) in [4.78, 5) is 2.32. The third kappa shape index (κ3) is 1.82. The highest BCUT2D eigenvalue weighted by Crippen LogP contribution is 2.31. The molecule has 0 unspecified atom stereocenters. The van der Waals surface area contributed by atoms with E-state index in [-0.39, 0.29) is 0 Å². The van der Waals surface area contributed by atoms with Crippen LogP contribution in [0.3, 0.4) is 0 Å². The van der Waals surface area contributed by atoms with E-state index in [9.17, 15) is 0 Å². The van der Waals surface area contributed by atoms with E-state index in [1.807, 2.05) is 0 Å². The van der Waals surface area contributed by atoms with E-state index in [0.717, 1.165) is 6.54 Å². The van der Waals surface area contributed by atoms with Crippen molar-refractivity contribution in [2.45, 2.75) is 13.5 Å². The first-order valence-corrected chi connectivity index (χ1v) is 6.32. The monoisotopic (exact) mass is 235 g/mol. The van der Waals surface area contributed by atoms with Crippen molar-refractivity contribution in [1.82, 2.24) is 0 Å². The summed E-state index contributed by atoms with van der Waals surface area (Å²) in [7, 11) is 2.16. The van der Waals surface area contributed by atoms with Crippen molar-refractivity contribution in [2.24, 2.45) is 0 Å². The van der Waals surface area contributed by atoms with Crippen LogP contribution < -0.4 is 4.90 Å². The molecule has 0 bridgehead atoms. The molecule has 0 atom stereocenters. The van der Waals surface area contributed by atoms with E-state index in [1.165, 1.54) is 28.0 Å². The minimum Gasteiger partial charge on any atom is -0.370 e. The summed E-state index contributed by atoms with van der Waals surface area (Å²) in [5.74, 6) is 0. The van der Waals surface area contributed by atoms with Gasteiger partial charge in [0.15, 0.2) is 0 Å². The van der Waals surface area contributed by atoms with Gasteiger partial charge in [-0.15, -0.1) is 0 Å². The van der Waals surface area contributed by atoms with Crippen molar-refractivity contribution in [1.29, 1.82) is 0 Å². The van der Waals surface area contributed by atoms with Gasteiger partial charge in [-0.25, -0.2) is 0 Å². The molecule has 1 heterocycles. The van der Waals surface area contributed by atoms with Crippen LogP contribution in [0.25, 0.3) is 11.6 Å². The molecule has 0 fully saturated rings. The Morgan fingerprint density at radius 2 is 1.67 bits per heavy atom. The van der Waals surface area contributed by atoms with Crippen LogP contribution >= 0.6 is 0 Å². The number of allylic oxidation sites excluding steroid dienone is 1. The Labute approximate surface area is 108 Å². The second kappa shape index (κ2) is 4.34. The second-order valence-corrected chi connectivity index (χ2v) is 4.90. The highest BCUT2D eigenvalue weighted by atomic mass is 15.1. The van der Waals surface area contributed by atoms with E-state index in [1.54, 1.807) is 0 Å². The number of nitrogens with zero attached hydrogens (tertiary/aromatic N) is 1. The molecule has 0 radical (unpaired) electrons. The molecular weight excluding hydrogens is 218 g/mol. The number of hydrogen-bond acceptors (Lipinski definition) is 1. The fourth-order valence-electron chi connectivity index (χ4n) is 2.61. The van der Waals surface area contributed by atoms with Gasteiger partial charge in [-0.05, 0) is 29.7 Å². The molecule has 0 amide bonds. The molecule has 0 saturated carbocycles. The first-order valence-electron chi connectivity index (χ1n) is 6.32. The minimum absolute atomic E-state index is 0.955. The zero-order valence-corrected chi connectivity index (χ0v) is 10.9. The Balaban J connectivity index is 2.23. The molecule has 1 heteroatoms. The number of benzene rings is 2. The summed E-state index contributed by atoms with van der Waals surface area (Å²) < 4.78 is 0. The molecule has 0 N–H and O–H groups in total. The molecule has 0 aromatic heterocycles. The molecular formula is C17H17N. The fourth-order valence-corrected chi connectivity index (χ4v) is 2.61. The van der Waals surface area contributed by atoms with Gasteiger partial charge >= 0.3 is 0 Å². The predicted molar refractivity (Wildman–Crippen MR) is 78.5 cm³/mol. The van der Waals surface area contributed by atoms with Crippen molar-refractivity contribution in [3.05, 3.63) is 65.2 Å². The lowest BCUT2D eigenvalue weighted by atomic mass is 9.96. The molecule has 90 valence electrons. The van der Waals surface area contributed by atoms with Crippen LogP contribution in [0.15, 0.2) is 48.5 Å². The van der Waals surface area contributed by atoms with E-state index >= 15 is 0 Å². The Kier molecular flexibility index (Phi) is 2.67. The van der Waals surface area contributed by atoms with Crippen LogP contribution in [0.4, 0.5) is 5.69 Å². The molecule has 2 aromatic rings. The standard InChI is InChI=1S/C17H17N/c1-13-11-14-7-3-4-8-15(14)12-18(2)17-10-6-5-9-16(13)17/h3-11H,12H2,1-2H3/b13-11-. The number of anilines is 1. The smallest absolute Gasteiger partial charge is 0.0442 e. The predicted octanol–water partition coefficient (Wildman–Crippen LogP) is 4.20. The zero-order chi connectivity index (χ0) is 12.5. The SMILES string of the molecule is C/C1=C/c2ccccc2CN(C)c2ccccc21. The van der Waals surface area contributed by atoms with Gasteiger partial charge in [0.1, 0.15) is 0 Å². The topological polar surface area (TPSA) is 3.24 Å². The number of para-hydroxylation sites is 1. The van der Waals surface area contributed by atoms with Crippen LogP contribution in [0.2, 0.25) is 0 Å². The van der Waals surface area contributed by atoms with Crippen molar-refractivity contribution in [2.75, 3.05) is 11.9 Å². The van der Waals surface area contributed by atoms with Crippen LogP contribution in [0.1, 0.15) is 23.6 Å². The molecule has 18 heavy (non-hydrogen) atoms. The van der Waals surface area contributed by atoms with Gasteiger partial charge in [0.25, 0.3) is 0 Å². The Morgan fingerprint density at radius 1 is 0.944 bits per heavy atom. The third-order valence-electron chi connectivity index (χ3n) is 3.57. The van der Waals surface area contributed by atoms with Gasteiger partial charge in [0, 0.05) is 24.8 Å². The largest absolute Gasteiger partial charge is 0.370 e. The first-order chi connectivity index (χ1) is 8.75. The number of fused-ring (bicyclic) bond motifs is 2. The van der Waals surface area contributed by atoms with E-state index in [0.29, 0.717) is 0 Å². The van der Waals surface area contributed by atoms with E-state index < -0.39 is 0 Å². The molecule has 0 aliphatic carbocycles. The van der Waals surface area contributed by atoms with Crippen molar-refractivity contribution in [3.8, 4) is 0 Å². The van der Waals surface area contributed by atoms with Gasteiger partial charge < -0.3 is 4.90 Å². The Hall–Kier alpha value is -2.02. The summed E-state index contributed by atoms with van der Waals surface area (Å²) >= 11 is 0. The van der Waals surface area contributed by atoms with Crippen molar-refractivity contribution >= 4 is 17.3 Å². The molecule has 1 nitrogen and oxygen atoms in total. The lowest BCUT2D eigenvalue weighted by Crippen LogP contribution is -2.19. The molecule has 1 aliphatic heterocycles. The Morgan fingerprint density at radius 3 is 2.56 bits per heavy atom. The van der Waals surface area contributed by atoms with E-state index in [4.69, 9.17) is 0 Å². The molecule has 3 rings (SSSR count). The molecule has 0 saturated heterocycles. The van der Waals surface area contributed by atoms with Crippen LogP contribution in [0.5, 0.6) is 0 Å². The number of rotatable bonds is 0. The minimum atomic E-state index is 0.955. The van der Waals surface area contributed by atoms with Gasteiger partial charge in [-0.2, -0.15) is 0 Å².